The van der Waals surface area contributed by atoms with Crippen molar-refractivity contribution in [3.63, 3.8) is 0 Å². The fraction of sp³-hybridized carbons (Fsp3) is 0.385. The van der Waals surface area contributed by atoms with E-state index in [0.717, 1.165) is 43.4 Å². The van der Waals surface area contributed by atoms with Crippen LogP contribution in [-0.2, 0) is 12.0 Å². The Morgan fingerprint density at radius 2 is 1.39 bits per heavy atom. The highest BCUT2D eigenvalue weighted by Gasteiger charge is 2.23. The van der Waals surface area contributed by atoms with E-state index in [1.54, 1.807) is 0 Å². The van der Waals surface area contributed by atoms with E-state index >= 15 is 0 Å². The van der Waals surface area contributed by atoms with Gasteiger partial charge in [-0.2, -0.15) is 0 Å². The molecule has 1 saturated heterocycles. The minimum Gasteiger partial charge on any atom is -0.489 e. The summed E-state index contributed by atoms with van der Waals surface area (Å²) in [5.41, 5.74) is 4.78. The van der Waals surface area contributed by atoms with Crippen molar-refractivity contribution in [1.82, 2.24) is 14.9 Å². The Labute approximate surface area is 185 Å². The average molecular weight is 417 g/mol. The first-order chi connectivity index (χ1) is 14.9. The molecule has 3 aromatic rings. The van der Waals surface area contributed by atoms with Crippen molar-refractivity contribution in [1.29, 1.82) is 0 Å². The second-order valence-electron chi connectivity index (χ2n) is 8.99. The number of hydrogen-bond acceptors (Lipinski definition) is 5. The average Bonchev–Trinajstić information content (AvgIpc) is 2.79. The first-order valence-corrected chi connectivity index (χ1v) is 11.0. The summed E-state index contributed by atoms with van der Waals surface area (Å²) in [4.78, 5) is 13.6. The topological polar surface area (TPSA) is 41.5 Å². The van der Waals surface area contributed by atoms with Crippen molar-refractivity contribution in [2.24, 2.45) is 0 Å². The molecule has 1 aromatic heterocycles. The van der Waals surface area contributed by atoms with Crippen LogP contribution in [0.2, 0.25) is 0 Å². The van der Waals surface area contributed by atoms with Crippen molar-refractivity contribution in [3.05, 3.63) is 83.2 Å². The van der Waals surface area contributed by atoms with Crippen molar-refractivity contribution < 1.29 is 4.74 Å². The lowest BCUT2D eigenvalue weighted by atomic mass is 9.78. The highest BCUT2D eigenvalue weighted by Crippen LogP contribution is 2.32. The lowest BCUT2D eigenvalue weighted by Gasteiger charge is -2.32. The third-order valence-corrected chi connectivity index (χ3v) is 6.23. The minimum atomic E-state index is -0.0564. The molecule has 0 atom stereocenters. The molecule has 0 N–H and O–H groups in total. The molecule has 0 aliphatic carbocycles. The molecule has 0 amide bonds. The zero-order chi connectivity index (χ0) is 21.8. The third-order valence-electron chi connectivity index (χ3n) is 6.23. The summed E-state index contributed by atoms with van der Waals surface area (Å²) >= 11 is 0. The number of piperazine rings is 1. The van der Waals surface area contributed by atoms with Gasteiger partial charge in [-0.1, -0.05) is 55.8 Å². The van der Waals surface area contributed by atoms with Crippen molar-refractivity contribution >= 4 is 5.95 Å². The molecule has 4 rings (SSSR count). The van der Waals surface area contributed by atoms with Crippen LogP contribution in [0.25, 0.3) is 0 Å². The molecule has 0 saturated carbocycles. The monoisotopic (exact) mass is 416 g/mol. The van der Waals surface area contributed by atoms with Gasteiger partial charge < -0.3 is 14.5 Å². The molecular formula is C26H32N4O. The van der Waals surface area contributed by atoms with E-state index < -0.39 is 0 Å². The van der Waals surface area contributed by atoms with Gasteiger partial charge in [-0.3, -0.25) is 0 Å². The van der Waals surface area contributed by atoms with Crippen LogP contribution in [0.3, 0.4) is 0 Å². The molecular weight excluding hydrogens is 384 g/mol. The number of anilines is 1. The predicted molar refractivity (Wildman–Crippen MR) is 126 cm³/mol. The number of likely N-dealkylation sites (N-methyl/N-ethyl adjacent to an activating group) is 1. The number of rotatable bonds is 6. The standard InChI is InChI=1S/C26H32N4O/c1-20-5-7-22(8-6-20)26(2,3)23-9-11-24(12-10-23)31-19-21-17-27-25(28-18-21)30-15-13-29(4)14-16-30/h5-12,17-18H,13-16,19H2,1-4H3. The van der Waals surface area contributed by atoms with Gasteiger partial charge in [0.15, 0.2) is 0 Å². The molecule has 162 valence electrons. The number of ether oxygens (including phenoxy) is 1. The van der Waals surface area contributed by atoms with Crippen molar-refractivity contribution in [3.8, 4) is 5.75 Å². The van der Waals surface area contributed by atoms with Gasteiger partial charge in [-0.05, 0) is 37.2 Å². The Morgan fingerprint density at radius 3 is 1.97 bits per heavy atom. The van der Waals surface area contributed by atoms with E-state index in [1.807, 2.05) is 24.5 Å². The summed E-state index contributed by atoms with van der Waals surface area (Å²) in [5.74, 6) is 1.66. The fourth-order valence-electron chi connectivity index (χ4n) is 3.86. The van der Waals surface area contributed by atoms with Gasteiger partial charge in [0.1, 0.15) is 12.4 Å². The molecule has 2 heterocycles. The Kier molecular flexibility index (Phi) is 6.23. The van der Waals surface area contributed by atoms with Gasteiger partial charge in [0.2, 0.25) is 5.95 Å². The summed E-state index contributed by atoms with van der Waals surface area (Å²) in [5, 5.41) is 0. The van der Waals surface area contributed by atoms with Crippen LogP contribution >= 0.6 is 0 Å². The minimum absolute atomic E-state index is 0.0564. The Hall–Kier alpha value is -2.92. The molecule has 1 aliphatic rings. The second-order valence-corrected chi connectivity index (χ2v) is 8.99. The Morgan fingerprint density at radius 1 is 0.839 bits per heavy atom. The lowest BCUT2D eigenvalue weighted by Crippen LogP contribution is -2.45. The van der Waals surface area contributed by atoms with Crippen LogP contribution < -0.4 is 9.64 Å². The van der Waals surface area contributed by atoms with Gasteiger partial charge in [0, 0.05) is 49.6 Å². The number of nitrogens with zero attached hydrogens (tertiary/aromatic N) is 4. The summed E-state index contributed by atoms with van der Waals surface area (Å²) in [6, 6.07) is 17.2. The van der Waals surface area contributed by atoms with Crippen LogP contribution in [-0.4, -0.2) is 48.1 Å². The van der Waals surface area contributed by atoms with E-state index in [2.05, 4.69) is 84.0 Å². The normalized spacial score (nSPS) is 15.2. The van der Waals surface area contributed by atoms with Crippen molar-refractivity contribution in [2.45, 2.75) is 32.8 Å². The lowest BCUT2D eigenvalue weighted by molar-refractivity contribution is 0.304. The molecule has 2 aromatic carbocycles. The van der Waals surface area contributed by atoms with Gasteiger partial charge >= 0.3 is 0 Å². The second kappa shape index (κ2) is 9.06. The van der Waals surface area contributed by atoms with Crippen LogP contribution in [0.15, 0.2) is 60.9 Å². The molecule has 1 aliphatic heterocycles. The fourth-order valence-corrected chi connectivity index (χ4v) is 3.86. The Balaban J connectivity index is 1.35. The van der Waals surface area contributed by atoms with Crippen LogP contribution in [0, 0.1) is 6.92 Å². The smallest absolute Gasteiger partial charge is 0.225 e. The molecule has 5 heteroatoms. The maximum atomic E-state index is 5.98. The summed E-state index contributed by atoms with van der Waals surface area (Å²) in [6.45, 7) is 11.1. The van der Waals surface area contributed by atoms with Gasteiger partial charge in [-0.25, -0.2) is 9.97 Å². The molecule has 0 spiro atoms. The van der Waals surface area contributed by atoms with Crippen molar-refractivity contribution in [2.75, 3.05) is 38.1 Å². The molecule has 0 bridgehead atoms. The van der Waals surface area contributed by atoms with Crippen LogP contribution in [0.5, 0.6) is 5.75 Å². The number of benzene rings is 2. The largest absolute Gasteiger partial charge is 0.489 e. The molecule has 0 radical (unpaired) electrons. The van der Waals surface area contributed by atoms with Gasteiger partial charge in [-0.15, -0.1) is 0 Å². The summed E-state index contributed by atoms with van der Waals surface area (Å²) in [6.07, 6.45) is 3.74. The van der Waals surface area contributed by atoms with E-state index in [1.165, 1.54) is 16.7 Å². The Bertz CT molecular complexity index is 973. The van der Waals surface area contributed by atoms with E-state index in [0.29, 0.717) is 6.61 Å². The number of aromatic nitrogens is 2. The zero-order valence-electron chi connectivity index (χ0n) is 19.0. The van der Waals surface area contributed by atoms with Gasteiger partial charge in [0.05, 0.1) is 0 Å². The highest BCUT2D eigenvalue weighted by atomic mass is 16.5. The number of hydrogen-bond donors (Lipinski definition) is 0. The van der Waals surface area contributed by atoms with E-state index in [-0.39, 0.29) is 5.41 Å². The predicted octanol–water partition coefficient (Wildman–Crippen LogP) is 4.44. The van der Waals surface area contributed by atoms with Crippen LogP contribution in [0.4, 0.5) is 5.95 Å². The van der Waals surface area contributed by atoms with E-state index in [9.17, 15) is 0 Å². The highest BCUT2D eigenvalue weighted by molar-refractivity contribution is 5.40. The first-order valence-electron chi connectivity index (χ1n) is 11.0. The SMILES string of the molecule is Cc1ccc(C(C)(C)c2ccc(OCc3cnc(N4CCN(C)CC4)nc3)cc2)cc1. The zero-order valence-corrected chi connectivity index (χ0v) is 19.0. The third kappa shape index (κ3) is 5.05. The summed E-state index contributed by atoms with van der Waals surface area (Å²) < 4.78 is 5.98. The van der Waals surface area contributed by atoms with E-state index in [4.69, 9.17) is 4.74 Å². The molecule has 31 heavy (non-hydrogen) atoms. The first kappa shape index (κ1) is 21.3. The molecule has 1 fully saturated rings. The maximum absolute atomic E-state index is 5.98. The van der Waals surface area contributed by atoms with Crippen LogP contribution in [0.1, 0.15) is 36.1 Å². The molecule has 0 unspecified atom stereocenters. The quantitative estimate of drug-likeness (QED) is 0.594. The summed E-state index contributed by atoms with van der Waals surface area (Å²) in [7, 11) is 2.15. The number of aryl methyl sites for hydroxylation is 1. The van der Waals surface area contributed by atoms with Gasteiger partial charge in [0.25, 0.3) is 0 Å². The molecule has 5 nitrogen and oxygen atoms in total. The maximum Gasteiger partial charge on any atom is 0.225 e.